The van der Waals surface area contributed by atoms with Crippen LogP contribution in [0.25, 0.3) is 0 Å². The summed E-state index contributed by atoms with van der Waals surface area (Å²) in [5.41, 5.74) is 0. The molecule has 0 amide bonds. The van der Waals surface area contributed by atoms with Crippen molar-refractivity contribution < 1.29 is 80.2 Å². The maximum absolute atomic E-state index is 13.1. The highest BCUT2D eigenvalue weighted by molar-refractivity contribution is 7.47. The second-order valence-corrected chi connectivity index (χ2v) is 31.0. The number of phosphoric acid groups is 2. The van der Waals surface area contributed by atoms with E-state index in [0.717, 1.165) is 108 Å². The van der Waals surface area contributed by atoms with Crippen molar-refractivity contribution in [1.82, 2.24) is 0 Å². The number of phosphoric ester groups is 2. The molecule has 0 spiro atoms. The fourth-order valence-electron chi connectivity index (χ4n) is 11.6. The highest BCUT2D eigenvalue weighted by Gasteiger charge is 2.30. The van der Waals surface area contributed by atoms with Crippen LogP contribution in [0.3, 0.4) is 0 Å². The zero-order chi connectivity index (χ0) is 70.0. The summed E-state index contributed by atoms with van der Waals surface area (Å²) in [7, 11) is -9.91. The van der Waals surface area contributed by atoms with E-state index in [4.69, 9.17) is 37.0 Å². The van der Waals surface area contributed by atoms with Crippen molar-refractivity contribution in [2.24, 2.45) is 11.8 Å². The number of hydrogen-bond acceptors (Lipinski definition) is 15. The molecule has 0 aliphatic heterocycles. The molecule has 0 bridgehead atoms. The summed E-state index contributed by atoms with van der Waals surface area (Å²) < 4.78 is 68.4. The Labute approximate surface area is 581 Å². The maximum atomic E-state index is 13.1. The summed E-state index contributed by atoms with van der Waals surface area (Å²) in [6.45, 7) is 9.53. The van der Waals surface area contributed by atoms with Crippen molar-refractivity contribution >= 4 is 39.5 Å². The predicted octanol–water partition coefficient (Wildman–Crippen LogP) is 22.3. The van der Waals surface area contributed by atoms with E-state index in [9.17, 15) is 43.2 Å². The first-order valence-electron chi connectivity index (χ1n) is 39.5. The minimum atomic E-state index is -4.96. The summed E-state index contributed by atoms with van der Waals surface area (Å²) in [6.07, 6.45) is 55.8. The van der Waals surface area contributed by atoms with Crippen molar-refractivity contribution in [2.75, 3.05) is 39.6 Å². The van der Waals surface area contributed by atoms with Crippen LogP contribution in [0.4, 0.5) is 0 Å². The van der Waals surface area contributed by atoms with Gasteiger partial charge in [0.2, 0.25) is 0 Å². The van der Waals surface area contributed by atoms with Crippen molar-refractivity contribution in [3.05, 3.63) is 0 Å². The number of rotatable bonds is 75. The molecular weight excluding hydrogens is 1250 g/mol. The van der Waals surface area contributed by atoms with Gasteiger partial charge in [0.15, 0.2) is 12.2 Å². The summed E-state index contributed by atoms with van der Waals surface area (Å²) in [5, 5.41) is 10.6. The van der Waals surface area contributed by atoms with Gasteiger partial charge in [0.1, 0.15) is 19.3 Å². The Morgan fingerprint density at radius 2 is 0.537 bits per heavy atom. The molecule has 3 unspecified atom stereocenters. The van der Waals surface area contributed by atoms with Crippen molar-refractivity contribution in [1.29, 1.82) is 0 Å². The monoisotopic (exact) mass is 1400 g/mol. The molecule has 3 N–H and O–H groups in total. The Hall–Kier alpha value is -1.94. The number of hydrogen-bond donors (Lipinski definition) is 3. The van der Waals surface area contributed by atoms with E-state index in [2.05, 4.69) is 41.5 Å². The molecule has 564 valence electrons. The third-order valence-corrected chi connectivity index (χ3v) is 20.0. The van der Waals surface area contributed by atoms with Crippen LogP contribution in [0.1, 0.15) is 395 Å². The zero-order valence-corrected chi connectivity index (χ0v) is 63.8. The molecular formula is C76H148O17P2. The predicted molar refractivity (Wildman–Crippen MR) is 386 cm³/mol. The summed E-state index contributed by atoms with van der Waals surface area (Å²) in [5.74, 6) is -0.611. The minimum absolute atomic E-state index is 0.103. The molecule has 0 radical (unpaired) electrons. The third kappa shape index (κ3) is 69.0. The molecule has 0 aromatic heterocycles. The molecule has 17 nitrogen and oxygen atoms in total. The molecule has 0 heterocycles. The Kier molecular flexibility index (Phi) is 66.5. The minimum Gasteiger partial charge on any atom is -0.462 e. The largest absolute Gasteiger partial charge is 0.472 e. The SMILES string of the molecule is CCCCCCCCCCCCCCCCCCCCCCCC(=O)O[C@H](COC(=O)CCCCCCCCCCCCCCCC(C)C)COP(=O)(O)OC[C@@H](O)COP(=O)(O)OC[C@@H](COC(=O)CCCCCCCCCC)OC(=O)CCCCCCCCC(C)CC. The zero-order valence-electron chi connectivity index (χ0n) is 62.0. The van der Waals surface area contributed by atoms with Gasteiger partial charge in [-0.1, -0.05) is 343 Å². The highest BCUT2D eigenvalue weighted by Crippen LogP contribution is 2.45. The van der Waals surface area contributed by atoms with Crippen LogP contribution in [0.2, 0.25) is 0 Å². The molecule has 0 aliphatic rings. The van der Waals surface area contributed by atoms with Crippen molar-refractivity contribution in [3.8, 4) is 0 Å². The summed E-state index contributed by atoms with van der Waals surface area (Å²) in [6, 6.07) is 0. The van der Waals surface area contributed by atoms with Gasteiger partial charge in [-0.15, -0.1) is 0 Å². The van der Waals surface area contributed by atoms with Crippen LogP contribution >= 0.6 is 15.6 Å². The van der Waals surface area contributed by atoms with Crippen molar-refractivity contribution in [3.63, 3.8) is 0 Å². The van der Waals surface area contributed by atoms with E-state index >= 15 is 0 Å². The molecule has 6 atom stereocenters. The number of carbonyl (C=O) groups excluding carboxylic acids is 4. The Morgan fingerprint density at radius 1 is 0.305 bits per heavy atom. The number of aliphatic hydroxyl groups excluding tert-OH is 1. The molecule has 0 fully saturated rings. The number of ether oxygens (including phenoxy) is 4. The second-order valence-electron chi connectivity index (χ2n) is 28.1. The van der Waals surface area contributed by atoms with Crippen LogP contribution in [-0.4, -0.2) is 96.7 Å². The van der Waals surface area contributed by atoms with E-state index < -0.39 is 97.5 Å². The van der Waals surface area contributed by atoms with E-state index in [1.807, 2.05) is 0 Å². The Balaban J connectivity index is 5.17. The standard InChI is InChI=1S/C76H148O17P2/c1-7-10-12-14-16-18-19-20-21-22-23-24-25-26-27-30-34-37-41-48-54-60-75(80)92-71(64-87-74(79)59-53-47-40-36-33-31-28-29-32-35-38-44-50-56-68(4)5)66-90-94(82,83)88-62-70(77)63-89-95(84,85)91-67-72(65-86-73(78)58-52-46-39-17-15-13-11-8-2)93-76(81)61-55-49-43-42-45-51-57-69(6)9-3/h68-72,77H,7-67H2,1-6H3,(H,82,83)(H,84,85)/t69?,70-,71-,72-/m1/s1. The Morgan fingerprint density at radius 3 is 0.800 bits per heavy atom. The Bertz CT molecular complexity index is 1840. The number of carbonyl (C=O) groups is 4. The first-order valence-corrected chi connectivity index (χ1v) is 42.5. The highest BCUT2D eigenvalue weighted by atomic mass is 31.2. The van der Waals surface area contributed by atoms with E-state index in [1.165, 1.54) is 205 Å². The molecule has 0 aromatic carbocycles. The van der Waals surface area contributed by atoms with Gasteiger partial charge in [0, 0.05) is 25.7 Å². The summed E-state index contributed by atoms with van der Waals surface area (Å²) in [4.78, 5) is 72.7. The summed E-state index contributed by atoms with van der Waals surface area (Å²) >= 11 is 0. The van der Waals surface area contributed by atoms with Gasteiger partial charge in [-0.05, 0) is 37.5 Å². The van der Waals surface area contributed by atoms with E-state index in [-0.39, 0.29) is 25.7 Å². The quantitative estimate of drug-likeness (QED) is 0.0222. The van der Waals surface area contributed by atoms with Gasteiger partial charge in [0.25, 0.3) is 0 Å². The van der Waals surface area contributed by atoms with Crippen LogP contribution < -0.4 is 0 Å². The van der Waals surface area contributed by atoms with Gasteiger partial charge in [-0.2, -0.15) is 0 Å². The first-order chi connectivity index (χ1) is 45.9. The lowest BCUT2D eigenvalue weighted by molar-refractivity contribution is -0.161. The number of unbranched alkanes of at least 4 members (excludes halogenated alkanes) is 44. The molecule has 0 saturated carbocycles. The van der Waals surface area contributed by atoms with Crippen LogP contribution in [0.15, 0.2) is 0 Å². The molecule has 95 heavy (non-hydrogen) atoms. The molecule has 0 saturated heterocycles. The lowest BCUT2D eigenvalue weighted by Crippen LogP contribution is -2.30. The fourth-order valence-corrected chi connectivity index (χ4v) is 13.2. The molecule has 19 heteroatoms. The van der Waals surface area contributed by atoms with Gasteiger partial charge in [0.05, 0.1) is 26.4 Å². The number of aliphatic hydroxyl groups is 1. The van der Waals surface area contributed by atoms with Crippen LogP contribution in [-0.2, 0) is 65.4 Å². The normalized spacial score (nSPS) is 14.3. The van der Waals surface area contributed by atoms with Gasteiger partial charge in [-0.3, -0.25) is 37.3 Å². The first kappa shape index (κ1) is 93.1. The van der Waals surface area contributed by atoms with Gasteiger partial charge >= 0.3 is 39.5 Å². The second kappa shape index (κ2) is 67.9. The van der Waals surface area contributed by atoms with Gasteiger partial charge in [-0.25, -0.2) is 9.13 Å². The average Bonchev–Trinajstić information content (AvgIpc) is 1.32. The maximum Gasteiger partial charge on any atom is 0.472 e. The fraction of sp³-hybridized carbons (Fsp3) is 0.947. The molecule has 0 aliphatic carbocycles. The van der Waals surface area contributed by atoms with Crippen LogP contribution in [0, 0.1) is 11.8 Å². The lowest BCUT2D eigenvalue weighted by Gasteiger charge is -2.21. The molecule has 0 rings (SSSR count). The van der Waals surface area contributed by atoms with E-state index in [0.29, 0.717) is 25.7 Å². The van der Waals surface area contributed by atoms with Gasteiger partial charge < -0.3 is 33.8 Å². The lowest BCUT2D eigenvalue weighted by atomic mass is 10.00. The third-order valence-electron chi connectivity index (χ3n) is 18.1. The van der Waals surface area contributed by atoms with E-state index in [1.54, 1.807) is 0 Å². The molecule has 0 aromatic rings. The smallest absolute Gasteiger partial charge is 0.462 e. The van der Waals surface area contributed by atoms with Crippen molar-refractivity contribution in [2.45, 2.75) is 413 Å². The topological polar surface area (TPSA) is 237 Å². The average molecular weight is 1400 g/mol. The van der Waals surface area contributed by atoms with Crippen LogP contribution in [0.5, 0.6) is 0 Å². The number of esters is 4.